The highest BCUT2D eigenvalue weighted by Gasteiger charge is 2.32. The van der Waals surface area contributed by atoms with Crippen LogP contribution in [0.2, 0.25) is 0 Å². The number of nitrogens with zero attached hydrogens (tertiary/aromatic N) is 3. The summed E-state index contributed by atoms with van der Waals surface area (Å²) in [4.78, 5) is 23.3. The molecule has 1 amide bonds. The molecule has 140 valence electrons. The van der Waals surface area contributed by atoms with Gasteiger partial charge in [-0.25, -0.2) is 14.8 Å². The molecule has 3 rings (SSSR count). The van der Waals surface area contributed by atoms with Crippen LogP contribution in [0.5, 0.6) is 5.88 Å². The number of methoxy groups -OCH3 is 1. The van der Waals surface area contributed by atoms with Crippen LogP contribution >= 0.6 is 0 Å². The summed E-state index contributed by atoms with van der Waals surface area (Å²) < 4.78 is 10.9. The molecular formula is C19H26N4O3. The molecule has 1 fully saturated rings. The largest absolute Gasteiger partial charge is 0.478 e. The van der Waals surface area contributed by atoms with Gasteiger partial charge in [-0.15, -0.1) is 0 Å². The Hall–Kier alpha value is -2.57. The van der Waals surface area contributed by atoms with E-state index in [1.165, 1.54) is 0 Å². The summed E-state index contributed by atoms with van der Waals surface area (Å²) in [5, 5.41) is 3.30. The second-order valence-electron chi connectivity index (χ2n) is 7.42. The first-order valence-corrected chi connectivity index (χ1v) is 8.91. The van der Waals surface area contributed by atoms with Crippen molar-refractivity contribution in [2.75, 3.05) is 25.5 Å². The minimum atomic E-state index is -0.495. The number of anilines is 1. The summed E-state index contributed by atoms with van der Waals surface area (Å²) in [5.74, 6) is 1.03. The first kappa shape index (κ1) is 18.2. The van der Waals surface area contributed by atoms with Gasteiger partial charge in [-0.1, -0.05) is 12.1 Å². The molecule has 1 aromatic heterocycles. The average Bonchev–Trinajstić information content (AvgIpc) is 3.06. The van der Waals surface area contributed by atoms with Crippen molar-refractivity contribution < 1.29 is 14.3 Å². The molecule has 0 spiro atoms. The van der Waals surface area contributed by atoms with Gasteiger partial charge < -0.3 is 19.7 Å². The summed E-state index contributed by atoms with van der Waals surface area (Å²) in [6, 6.07) is 7.71. The lowest BCUT2D eigenvalue weighted by molar-refractivity contribution is 0.0235. The van der Waals surface area contributed by atoms with Gasteiger partial charge in [-0.2, -0.15) is 0 Å². The van der Waals surface area contributed by atoms with E-state index in [0.29, 0.717) is 24.8 Å². The fourth-order valence-electron chi connectivity index (χ4n) is 3.06. The van der Waals surface area contributed by atoms with Crippen molar-refractivity contribution in [2.24, 2.45) is 0 Å². The number of ether oxygens (including phenoxy) is 2. The standard InChI is InChI=1S/C19H26N4O3/c1-19(2,3)26-18(24)23-11-7-8-13(23)12-20-16-17(25-4)22-15-10-6-5-9-14(15)21-16/h5-6,9-10,13H,7-8,11-12H2,1-4H3,(H,20,21)/t13-/m0/s1. The van der Waals surface area contributed by atoms with E-state index < -0.39 is 5.60 Å². The lowest BCUT2D eigenvalue weighted by Crippen LogP contribution is -2.42. The van der Waals surface area contributed by atoms with Crippen LogP contribution in [0.15, 0.2) is 24.3 Å². The Morgan fingerprint density at radius 2 is 1.96 bits per heavy atom. The number of likely N-dealkylation sites (tertiary alicyclic amines) is 1. The van der Waals surface area contributed by atoms with Crippen molar-refractivity contribution in [1.82, 2.24) is 14.9 Å². The molecule has 0 saturated carbocycles. The van der Waals surface area contributed by atoms with Crippen LogP contribution in [0.4, 0.5) is 10.6 Å². The maximum Gasteiger partial charge on any atom is 0.410 e. The summed E-state index contributed by atoms with van der Waals surface area (Å²) >= 11 is 0. The Bertz CT molecular complexity index is 788. The Balaban J connectivity index is 1.71. The van der Waals surface area contributed by atoms with Crippen LogP contribution in [-0.2, 0) is 4.74 Å². The number of hydrogen-bond donors (Lipinski definition) is 1. The average molecular weight is 358 g/mol. The predicted octanol–water partition coefficient (Wildman–Crippen LogP) is 3.45. The van der Waals surface area contributed by atoms with Gasteiger partial charge >= 0.3 is 6.09 Å². The van der Waals surface area contributed by atoms with Gasteiger partial charge in [0, 0.05) is 13.1 Å². The number of amides is 1. The smallest absolute Gasteiger partial charge is 0.410 e. The summed E-state index contributed by atoms with van der Waals surface area (Å²) in [5.41, 5.74) is 1.09. The molecule has 0 aliphatic carbocycles. The van der Waals surface area contributed by atoms with E-state index >= 15 is 0 Å². The van der Waals surface area contributed by atoms with Gasteiger partial charge in [0.25, 0.3) is 5.88 Å². The van der Waals surface area contributed by atoms with E-state index in [-0.39, 0.29) is 12.1 Å². The van der Waals surface area contributed by atoms with Crippen molar-refractivity contribution in [3.8, 4) is 5.88 Å². The third-order valence-corrected chi connectivity index (χ3v) is 4.24. The van der Waals surface area contributed by atoms with Crippen LogP contribution in [0, 0.1) is 0 Å². The number of benzene rings is 1. The molecule has 26 heavy (non-hydrogen) atoms. The maximum absolute atomic E-state index is 12.4. The zero-order valence-electron chi connectivity index (χ0n) is 15.8. The number of rotatable bonds is 4. The first-order valence-electron chi connectivity index (χ1n) is 8.91. The molecule has 2 aromatic rings. The zero-order chi connectivity index (χ0) is 18.7. The van der Waals surface area contributed by atoms with Crippen molar-refractivity contribution in [3.05, 3.63) is 24.3 Å². The predicted molar refractivity (Wildman–Crippen MR) is 101 cm³/mol. The van der Waals surface area contributed by atoms with Gasteiger partial charge in [0.05, 0.1) is 24.2 Å². The molecule has 1 N–H and O–H groups in total. The number of carbonyl (C=O) groups excluding carboxylic acids is 1. The van der Waals surface area contributed by atoms with Crippen molar-refractivity contribution in [3.63, 3.8) is 0 Å². The van der Waals surface area contributed by atoms with E-state index in [1.54, 1.807) is 12.0 Å². The van der Waals surface area contributed by atoms with Crippen molar-refractivity contribution in [2.45, 2.75) is 45.3 Å². The van der Waals surface area contributed by atoms with E-state index in [1.807, 2.05) is 45.0 Å². The first-order chi connectivity index (χ1) is 12.4. The topological polar surface area (TPSA) is 76.6 Å². The third-order valence-electron chi connectivity index (χ3n) is 4.24. The summed E-state index contributed by atoms with van der Waals surface area (Å²) in [6.45, 7) is 6.92. The second-order valence-corrected chi connectivity index (χ2v) is 7.42. The van der Waals surface area contributed by atoms with Crippen LogP contribution < -0.4 is 10.1 Å². The Kier molecular flexibility index (Phi) is 5.15. The van der Waals surface area contributed by atoms with E-state index in [9.17, 15) is 4.79 Å². The number of fused-ring (bicyclic) bond motifs is 1. The van der Waals surface area contributed by atoms with E-state index in [4.69, 9.17) is 9.47 Å². The normalized spacial score (nSPS) is 17.4. The minimum absolute atomic E-state index is 0.0582. The summed E-state index contributed by atoms with van der Waals surface area (Å²) in [7, 11) is 1.58. The molecule has 1 aliphatic heterocycles. The van der Waals surface area contributed by atoms with Gasteiger partial charge in [0.1, 0.15) is 5.60 Å². The quantitative estimate of drug-likeness (QED) is 0.902. The molecule has 2 heterocycles. The van der Waals surface area contributed by atoms with Crippen LogP contribution in [-0.4, -0.2) is 52.8 Å². The lowest BCUT2D eigenvalue weighted by Gasteiger charge is -2.28. The highest BCUT2D eigenvalue weighted by Crippen LogP contribution is 2.25. The molecule has 0 bridgehead atoms. The molecule has 0 radical (unpaired) electrons. The number of aromatic nitrogens is 2. The Morgan fingerprint density at radius 3 is 2.62 bits per heavy atom. The Labute approximate surface area is 153 Å². The molecule has 7 nitrogen and oxygen atoms in total. The number of carbonyl (C=O) groups is 1. The number of para-hydroxylation sites is 2. The zero-order valence-corrected chi connectivity index (χ0v) is 15.8. The molecule has 1 aliphatic rings. The van der Waals surface area contributed by atoms with Crippen LogP contribution in [0.3, 0.4) is 0 Å². The highest BCUT2D eigenvalue weighted by atomic mass is 16.6. The molecule has 1 atom stereocenters. The highest BCUT2D eigenvalue weighted by molar-refractivity contribution is 5.77. The molecule has 7 heteroatoms. The van der Waals surface area contributed by atoms with Gasteiger partial charge in [-0.05, 0) is 45.7 Å². The van der Waals surface area contributed by atoms with Gasteiger partial charge in [0.2, 0.25) is 0 Å². The maximum atomic E-state index is 12.4. The molecule has 0 unspecified atom stereocenters. The van der Waals surface area contributed by atoms with Crippen LogP contribution in [0.1, 0.15) is 33.6 Å². The van der Waals surface area contributed by atoms with Crippen LogP contribution in [0.25, 0.3) is 11.0 Å². The Morgan fingerprint density at radius 1 is 1.27 bits per heavy atom. The molecule has 1 saturated heterocycles. The molecule has 1 aromatic carbocycles. The monoisotopic (exact) mass is 358 g/mol. The fourth-order valence-corrected chi connectivity index (χ4v) is 3.06. The SMILES string of the molecule is COc1nc2ccccc2nc1NC[C@@H]1CCCN1C(=O)OC(C)(C)C. The lowest BCUT2D eigenvalue weighted by atomic mass is 10.2. The number of nitrogens with one attached hydrogen (secondary N) is 1. The van der Waals surface area contributed by atoms with E-state index in [2.05, 4.69) is 15.3 Å². The van der Waals surface area contributed by atoms with Crippen molar-refractivity contribution in [1.29, 1.82) is 0 Å². The third kappa shape index (κ3) is 4.15. The van der Waals surface area contributed by atoms with Gasteiger partial charge in [0.15, 0.2) is 5.82 Å². The van der Waals surface area contributed by atoms with Gasteiger partial charge in [-0.3, -0.25) is 0 Å². The summed E-state index contributed by atoms with van der Waals surface area (Å²) in [6.07, 6.45) is 1.63. The minimum Gasteiger partial charge on any atom is -0.478 e. The fraction of sp³-hybridized carbons (Fsp3) is 0.526. The van der Waals surface area contributed by atoms with Crippen molar-refractivity contribution >= 4 is 22.9 Å². The second kappa shape index (κ2) is 7.35. The molecular weight excluding hydrogens is 332 g/mol. The number of hydrogen-bond acceptors (Lipinski definition) is 6. The van der Waals surface area contributed by atoms with E-state index in [0.717, 1.165) is 23.9 Å².